The van der Waals surface area contributed by atoms with Gasteiger partial charge in [-0.2, -0.15) is 8.78 Å². The van der Waals surface area contributed by atoms with Gasteiger partial charge in [-0.05, 0) is 43.7 Å². The molecular weight excluding hydrogens is 343 g/mol. The number of carbonyl (C=O) groups excluding carboxylic acids is 1. The molecule has 2 aromatic rings. The van der Waals surface area contributed by atoms with Gasteiger partial charge in [0.05, 0.1) is 0 Å². The zero-order chi connectivity index (χ0) is 19.3. The van der Waals surface area contributed by atoms with E-state index >= 15 is 0 Å². The van der Waals surface area contributed by atoms with Gasteiger partial charge in [0, 0.05) is 34.3 Å². The molecule has 0 unspecified atom stereocenters. The lowest BCUT2D eigenvalue weighted by Gasteiger charge is -2.11. The molecule has 0 radical (unpaired) electrons. The molecule has 0 bridgehead atoms. The SMILES string of the molecule is CC(N)=C(C=NC(F)F)c1ccc(NC(=O)c2ccccc2C)cc1F. The van der Waals surface area contributed by atoms with E-state index in [2.05, 4.69) is 10.3 Å². The summed E-state index contributed by atoms with van der Waals surface area (Å²) in [5.41, 5.74) is 7.35. The van der Waals surface area contributed by atoms with E-state index < -0.39 is 12.4 Å². The molecule has 0 spiro atoms. The lowest BCUT2D eigenvalue weighted by molar-refractivity contribution is 0.102. The first-order chi connectivity index (χ1) is 12.3. The number of nitrogens with zero attached hydrogens (tertiary/aromatic N) is 1. The summed E-state index contributed by atoms with van der Waals surface area (Å²) in [7, 11) is 0. The van der Waals surface area contributed by atoms with E-state index in [9.17, 15) is 18.0 Å². The molecule has 26 heavy (non-hydrogen) atoms. The van der Waals surface area contributed by atoms with Crippen molar-refractivity contribution >= 4 is 23.4 Å². The first-order valence-corrected chi connectivity index (χ1v) is 7.74. The van der Waals surface area contributed by atoms with Crippen molar-refractivity contribution in [3.05, 3.63) is 70.7 Å². The number of rotatable bonds is 5. The van der Waals surface area contributed by atoms with Gasteiger partial charge in [-0.15, -0.1) is 0 Å². The molecule has 0 fully saturated rings. The fourth-order valence-corrected chi connectivity index (χ4v) is 2.35. The molecule has 7 heteroatoms. The molecule has 0 saturated heterocycles. The third-order valence-electron chi connectivity index (χ3n) is 3.65. The number of aryl methyl sites for hydroxylation is 1. The zero-order valence-electron chi connectivity index (χ0n) is 14.3. The number of hydrogen-bond acceptors (Lipinski definition) is 3. The monoisotopic (exact) mass is 361 g/mol. The molecule has 0 saturated carbocycles. The zero-order valence-corrected chi connectivity index (χ0v) is 14.3. The maximum absolute atomic E-state index is 14.4. The highest BCUT2D eigenvalue weighted by Gasteiger charge is 2.13. The van der Waals surface area contributed by atoms with Gasteiger partial charge in [0.25, 0.3) is 5.91 Å². The fraction of sp³-hybridized carbons (Fsp3) is 0.158. The molecule has 1 amide bonds. The number of carbonyl (C=O) groups is 1. The van der Waals surface area contributed by atoms with Crippen LogP contribution in [0.1, 0.15) is 28.4 Å². The maximum Gasteiger partial charge on any atom is 0.331 e. The molecule has 0 aliphatic heterocycles. The van der Waals surface area contributed by atoms with Gasteiger partial charge in [-0.1, -0.05) is 18.2 Å². The quantitative estimate of drug-likeness (QED) is 0.613. The highest BCUT2D eigenvalue weighted by molar-refractivity contribution is 6.11. The van der Waals surface area contributed by atoms with Crippen LogP contribution in [0.4, 0.5) is 18.9 Å². The number of amides is 1. The molecule has 2 rings (SSSR count). The van der Waals surface area contributed by atoms with Crippen LogP contribution in [-0.4, -0.2) is 18.7 Å². The smallest absolute Gasteiger partial charge is 0.331 e. The van der Waals surface area contributed by atoms with Crippen molar-refractivity contribution in [2.75, 3.05) is 5.32 Å². The number of anilines is 1. The van der Waals surface area contributed by atoms with Gasteiger partial charge in [0.15, 0.2) is 0 Å². The van der Waals surface area contributed by atoms with Crippen LogP contribution in [0, 0.1) is 12.7 Å². The van der Waals surface area contributed by atoms with Gasteiger partial charge in [0.1, 0.15) is 5.82 Å². The average Bonchev–Trinajstić information content (AvgIpc) is 2.56. The highest BCUT2D eigenvalue weighted by atomic mass is 19.3. The molecule has 136 valence electrons. The Balaban J connectivity index is 2.28. The van der Waals surface area contributed by atoms with Gasteiger partial charge in [0.2, 0.25) is 0 Å². The van der Waals surface area contributed by atoms with E-state index in [0.717, 1.165) is 17.8 Å². The van der Waals surface area contributed by atoms with E-state index in [0.29, 0.717) is 5.56 Å². The molecule has 0 atom stereocenters. The molecular formula is C19H18F3N3O. The molecule has 3 N–H and O–H groups in total. The summed E-state index contributed by atoms with van der Waals surface area (Å²) in [6.45, 7) is 0.336. The average molecular weight is 361 g/mol. The van der Waals surface area contributed by atoms with Crippen molar-refractivity contribution in [1.82, 2.24) is 0 Å². The minimum Gasteiger partial charge on any atom is -0.402 e. The summed E-state index contributed by atoms with van der Waals surface area (Å²) in [6, 6.07) is 10.9. The van der Waals surface area contributed by atoms with Crippen LogP contribution in [0.3, 0.4) is 0 Å². The van der Waals surface area contributed by atoms with Crippen LogP contribution in [0.15, 0.2) is 53.2 Å². The van der Waals surface area contributed by atoms with E-state index in [1.165, 1.54) is 19.1 Å². The predicted octanol–water partition coefficient (Wildman–Crippen LogP) is 4.37. The van der Waals surface area contributed by atoms with E-state index in [4.69, 9.17) is 5.73 Å². The molecule has 4 nitrogen and oxygen atoms in total. The van der Waals surface area contributed by atoms with Crippen molar-refractivity contribution in [3.63, 3.8) is 0 Å². The first-order valence-electron chi connectivity index (χ1n) is 7.74. The van der Waals surface area contributed by atoms with Crippen molar-refractivity contribution in [1.29, 1.82) is 0 Å². The summed E-state index contributed by atoms with van der Waals surface area (Å²) in [6.07, 6.45) is 0.837. The molecule has 0 aromatic heterocycles. The van der Waals surface area contributed by atoms with Crippen molar-refractivity contribution in [2.24, 2.45) is 10.7 Å². The first kappa shape index (κ1) is 19.2. The van der Waals surface area contributed by atoms with Crippen LogP contribution in [0.2, 0.25) is 0 Å². The van der Waals surface area contributed by atoms with Gasteiger partial charge >= 0.3 is 6.55 Å². The van der Waals surface area contributed by atoms with Crippen LogP contribution < -0.4 is 11.1 Å². The number of nitrogens with two attached hydrogens (primary N) is 1. The normalized spacial score (nSPS) is 12.4. The fourth-order valence-electron chi connectivity index (χ4n) is 2.35. The number of allylic oxidation sites excluding steroid dienone is 2. The van der Waals surface area contributed by atoms with Gasteiger partial charge in [-0.3, -0.25) is 4.79 Å². The van der Waals surface area contributed by atoms with E-state index in [1.54, 1.807) is 25.1 Å². The topological polar surface area (TPSA) is 67.5 Å². The number of hydrogen-bond donors (Lipinski definition) is 2. The molecule has 0 heterocycles. The Bertz CT molecular complexity index is 872. The maximum atomic E-state index is 14.4. The second kappa shape index (κ2) is 8.33. The largest absolute Gasteiger partial charge is 0.402 e. The lowest BCUT2D eigenvalue weighted by Crippen LogP contribution is -2.13. The molecule has 2 aromatic carbocycles. The minimum absolute atomic E-state index is 0.0169. The highest BCUT2D eigenvalue weighted by Crippen LogP contribution is 2.23. The lowest BCUT2D eigenvalue weighted by atomic mass is 10.0. The Morgan fingerprint density at radius 1 is 1.19 bits per heavy atom. The van der Waals surface area contributed by atoms with Crippen molar-refractivity contribution < 1.29 is 18.0 Å². The summed E-state index contributed by atoms with van der Waals surface area (Å²) >= 11 is 0. The third-order valence-corrected chi connectivity index (χ3v) is 3.65. The standard InChI is InChI=1S/C19H18F3N3O/c1-11-5-3-4-6-14(11)18(26)25-13-7-8-15(17(20)9-13)16(12(2)23)10-24-19(21)22/h3-10,19H,23H2,1-2H3,(H,25,26). The number of nitrogens with one attached hydrogen (secondary N) is 1. The Hall–Kier alpha value is -3.09. The van der Waals surface area contributed by atoms with E-state index in [-0.39, 0.29) is 28.4 Å². The third kappa shape index (κ3) is 4.72. The predicted molar refractivity (Wildman–Crippen MR) is 96.8 cm³/mol. The summed E-state index contributed by atoms with van der Waals surface area (Å²) < 4.78 is 39.0. The molecule has 0 aliphatic carbocycles. The Morgan fingerprint density at radius 3 is 2.46 bits per heavy atom. The van der Waals surface area contributed by atoms with Gasteiger partial charge in [-0.25, -0.2) is 9.38 Å². The second-order valence-electron chi connectivity index (χ2n) is 5.62. The van der Waals surface area contributed by atoms with Crippen LogP contribution in [0.25, 0.3) is 5.57 Å². The Kier molecular flexibility index (Phi) is 6.16. The Morgan fingerprint density at radius 2 is 1.88 bits per heavy atom. The van der Waals surface area contributed by atoms with Crippen molar-refractivity contribution in [2.45, 2.75) is 20.4 Å². The molecule has 0 aliphatic rings. The van der Waals surface area contributed by atoms with E-state index in [1.807, 2.05) is 6.07 Å². The Labute approximate surface area is 149 Å². The van der Waals surface area contributed by atoms with Crippen LogP contribution in [-0.2, 0) is 0 Å². The minimum atomic E-state index is -2.92. The summed E-state index contributed by atoms with van der Waals surface area (Å²) in [5, 5.41) is 2.61. The number of halogens is 3. The van der Waals surface area contributed by atoms with Crippen LogP contribution in [0.5, 0.6) is 0 Å². The number of aliphatic imine (C=N–C) groups is 1. The van der Waals surface area contributed by atoms with Crippen LogP contribution >= 0.6 is 0 Å². The number of benzene rings is 2. The summed E-state index contributed by atoms with van der Waals surface area (Å²) in [5.74, 6) is -1.09. The number of alkyl halides is 2. The summed E-state index contributed by atoms with van der Waals surface area (Å²) in [4.78, 5) is 15.2. The van der Waals surface area contributed by atoms with Crippen molar-refractivity contribution in [3.8, 4) is 0 Å². The second-order valence-corrected chi connectivity index (χ2v) is 5.62. The van der Waals surface area contributed by atoms with Gasteiger partial charge < -0.3 is 11.1 Å².